The van der Waals surface area contributed by atoms with E-state index in [4.69, 9.17) is 18.9 Å². The molecule has 6 heteroatoms. The van der Waals surface area contributed by atoms with E-state index in [2.05, 4.69) is 5.32 Å². The molecule has 0 saturated heterocycles. The molecular weight excluding hydrogens is 406 g/mol. The molecule has 0 aliphatic carbocycles. The first-order chi connectivity index (χ1) is 15.6. The molecule has 3 aromatic carbocycles. The molecule has 32 heavy (non-hydrogen) atoms. The molecule has 0 unspecified atom stereocenters. The minimum absolute atomic E-state index is 0.0775. The highest BCUT2D eigenvalue weighted by Crippen LogP contribution is 2.29. The molecule has 0 saturated carbocycles. The third-order valence-corrected chi connectivity index (χ3v) is 5.04. The molecule has 168 valence electrons. The lowest BCUT2D eigenvalue weighted by atomic mass is 10.1. The van der Waals surface area contributed by atoms with Gasteiger partial charge in [-0.3, -0.25) is 4.79 Å². The van der Waals surface area contributed by atoms with E-state index in [1.165, 1.54) is 0 Å². The molecular formula is C26H29NO5. The van der Waals surface area contributed by atoms with Gasteiger partial charge in [-0.15, -0.1) is 0 Å². The molecule has 0 spiro atoms. The standard InChI is InChI=1S/C26H29NO5/c1-29-22-10-12-23(30-2)21(16-22)17-26(28)27-14-13-19-9-11-24(25(15-19)31-3)32-18-20-7-5-4-6-8-20/h4-12,15-16H,13-14,17-18H2,1-3H3,(H,27,28). The molecule has 3 rings (SSSR count). The summed E-state index contributed by atoms with van der Waals surface area (Å²) in [5.41, 5.74) is 2.92. The van der Waals surface area contributed by atoms with Crippen LogP contribution in [0.4, 0.5) is 0 Å². The molecule has 0 aromatic heterocycles. The van der Waals surface area contributed by atoms with Crippen LogP contribution >= 0.6 is 0 Å². The third kappa shape index (κ3) is 6.41. The topological polar surface area (TPSA) is 66.0 Å². The molecule has 0 heterocycles. The van der Waals surface area contributed by atoms with Crippen molar-refractivity contribution in [1.82, 2.24) is 5.32 Å². The van der Waals surface area contributed by atoms with Crippen LogP contribution in [-0.2, 0) is 24.2 Å². The number of benzene rings is 3. The minimum Gasteiger partial charge on any atom is -0.497 e. The van der Waals surface area contributed by atoms with Crippen LogP contribution in [0.15, 0.2) is 66.7 Å². The number of rotatable bonds is 11. The van der Waals surface area contributed by atoms with E-state index in [-0.39, 0.29) is 12.3 Å². The Bertz CT molecular complexity index is 1020. The number of hydrogen-bond acceptors (Lipinski definition) is 5. The lowest BCUT2D eigenvalue weighted by Crippen LogP contribution is -2.27. The summed E-state index contributed by atoms with van der Waals surface area (Å²) < 4.78 is 22.0. The van der Waals surface area contributed by atoms with Crippen LogP contribution in [0.3, 0.4) is 0 Å². The number of carbonyl (C=O) groups is 1. The molecule has 0 aliphatic heterocycles. The Kier molecular flexibility index (Phi) is 8.37. The molecule has 0 atom stereocenters. The predicted molar refractivity (Wildman–Crippen MR) is 124 cm³/mol. The van der Waals surface area contributed by atoms with Crippen molar-refractivity contribution in [3.63, 3.8) is 0 Å². The summed E-state index contributed by atoms with van der Waals surface area (Å²) >= 11 is 0. The van der Waals surface area contributed by atoms with E-state index >= 15 is 0 Å². The van der Waals surface area contributed by atoms with Gasteiger partial charge < -0.3 is 24.3 Å². The van der Waals surface area contributed by atoms with E-state index in [9.17, 15) is 4.79 Å². The van der Waals surface area contributed by atoms with Crippen LogP contribution in [0, 0.1) is 0 Å². The van der Waals surface area contributed by atoms with E-state index in [0.717, 1.165) is 16.7 Å². The maximum Gasteiger partial charge on any atom is 0.224 e. The van der Waals surface area contributed by atoms with Crippen LogP contribution in [0.2, 0.25) is 0 Å². The average molecular weight is 436 g/mol. The highest BCUT2D eigenvalue weighted by Gasteiger charge is 2.11. The summed E-state index contributed by atoms with van der Waals surface area (Å²) in [7, 11) is 4.81. The zero-order valence-corrected chi connectivity index (χ0v) is 18.7. The van der Waals surface area contributed by atoms with Crippen LogP contribution < -0.4 is 24.3 Å². The van der Waals surface area contributed by atoms with Crippen molar-refractivity contribution in [3.05, 3.63) is 83.4 Å². The Hall–Kier alpha value is -3.67. The van der Waals surface area contributed by atoms with Crippen molar-refractivity contribution in [3.8, 4) is 23.0 Å². The molecule has 0 fully saturated rings. The van der Waals surface area contributed by atoms with Crippen molar-refractivity contribution in [1.29, 1.82) is 0 Å². The smallest absolute Gasteiger partial charge is 0.224 e. The van der Waals surface area contributed by atoms with Gasteiger partial charge in [0.15, 0.2) is 11.5 Å². The Labute approximate surface area is 189 Å². The Morgan fingerprint density at radius 1 is 0.781 bits per heavy atom. The first-order valence-electron chi connectivity index (χ1n) is 10.4. The number of hydrogen-bond donors (Lipinski definition) is 1. The first kappa shape index (κ1) is 23.0. The number of carbonyl (C=O) groups excluding carboxylic acids is 1. The molecule has 1 amide bonds. The summed E-state index contributed by atoms with van der Waals surface area (Å²) in [4.78, 5) is 12.4. The van der Waals surface area contributed by atoms with Gasteiger partial charge in [0.2, 0.25) is 5.91 Å². The van der Waals surface area contributed by atoms with Crippen LogP contribution in [-0.4, -0.2) is 33.8 Å². The summed E-state index contributed by atoms with van der Waals surface area (Å²) in [5, 5.41) is 2.96. The molecule has 0 bridgehead atoms. The van der Waals surface area contributed by atoms with Crippen molar-refractivity contribution in [2.45, 2.75) is 19.4 Å². The quantitative estimate of drug-likeness (QED) is 0.489. The van der Waals surface area contributed by atoms with Crippen molar-refractivity contribution in [2.75, 3.05) is 27.9 Å². The zero-order chi connectivity index (χ0) is 22.8. The number of methoxy groups -OCH3 is 3. The summed E-state index contributed by atoms with van der Waals surface area (Å²) in [6.45, 7) is 0.985. The maximum absolute atomic E-state index is 12.4. The Morgan fingerprint density at radius 3 is 2.25 bits per heavy atom. The second kappa shape index (κ2) is 11.6. The molecule has 1 N–H and O–H groups in total. The summed E-state index contributed by atoms with van der Waals surface area (Å²) in [5.74, 6) is 2.64. The van der Waals surface area contributed by atoms with Crippen LogP contribution in [0.25, 0.3) is 0 Å². The van der Waals surface area contributed by atoms with Crippen molar-refractivity contribution >= 4 is 5.91 Å². The molecule has 0 radical (unpaired) electrons. The van der Waals surface area contributed by atoms with Gasteiger partial charge in [0.25, 0.3) is 0 Å². The highest BCUT2D eigenvalue weighted by molar-refractivity contribution is 5.79. The second-order valence-corrected chi connectivity index (χ2v) is 7.21. The van der Waals surface area contributed by atoms with Gasteiger partial charge in [0, 0.05) is 12.1 Å². The molecule has 3 aromatic rings. The fourth-order valence-corrected chi connectivity index (χ4v) is 3.32. The fourth-order valence-electron chi connectivity index (χ4n) is 3.32. The second-order valence-electron chi connectivity index (χ2n) is 7.21. The van der Waals surface area contributed by atoms with Gasteiger partial charge in [0.05, 0.1) is 27.8 Å². The van der Waals surface area contributed by atoms with E-state index in [0.29, 0.717) is 42.6 Å². The number of nitrogens with one attached hydrogen (secondary N) is 1. The lowest BCUT2D eigenvalue weighted by molar-refractivity contribution is -0.120. The van der Waals surface area contributed by atoms with Gasteiger partial charge in [-0.1, -0.05) is 36.4 Å². The largest absolute Gasteiger partial charge is 0.497 e. The maximum atomic E-state index is 12.4. The van der Waals surface area contributed by atoms with Gasteiger partial charge in [-0.05, 0) is 47.9 Å². The van der Waals surface area contributed by atoms with E-state index in [1.54, 1.807) is 33.5 Å². The summed E-state index contributed by atoms with van der Waals surface area (Å²) in [6, 6.07) is 21.2. The Balaban J connectivity index is 1.52. The Morgan fingerprint density at radius 2 is 1.53 bits per heavy atom. The fraction of sp³-hybridized carbons (Fsp3) is 0.269. The molecule has 6 nitrogen and oxygen atoms in total. The average Bonchev–Trinajstić information content (AvgIpc) is 2.83. The van der Waals surface area contributed by atoms with Gasteiger partial charge in [-0.2, -0.15) is 0 Å². The van der Waals surface area contributed by atoms with Gasteiger partial charge >= 0.3 is 0 Å². The third-order valence-electron chi connectivity index (χ3n) is 5.04. The predicted octanol–water partition coefficient (Wildman–Crippen LogP) is 4.19. The van der Waals surface area contributed by atoms with Crippen molar-refractivity contribution in [2.24, 2.45) is 0 Å². The molecule has 0 aliphatic rings. The first-order valence-corrected chi connectivity index (χ1v) is 10.4. The normalized spacial score (nSPS) is 10.3. The SMILES string of the molecule is COc1ccc(OC)c(CC(=O)NCCc2ccc(OCc3ccccc3)c(OC)c2)c1. The van der Waals surface area contributed by atoms with Crippen LogP contribution in [0.1, 0.15) is 16.7 Å². The lowest BCUT2D eigenvalue weighted by Gasteiger charge is -2.13. The zero-order valence-electron chi connectivity index (χ0n) is 18.7. The van der Waals surface area contributed by atoms with Crippen molar-refractivity contribution < 1.29 is 23.7 Å². The minimum atomic E-state index is -0.0775. The highest BCUT2D eigenvalue weighted by atomic mass is 16.5. The van der Waals surface area contributed by atoms with Gasteiger partial charge in [-0.25, -0.2) is 0 Å². The summed E-state index contributed by atoms with van der Waals surface area (Å²) in [6.07, 6.45) is 0.895. The van der Waals surface area contributed by atoms with Crippen LogP contribution in [0.5, 0.6) is 23.0 Å². The van der Waals surface area contributed by atoms with Gasteiger partial charge in [0.1, 0.15) is 18.1 Å². The number of amides is 1. The monoisotopic (exact) mass is 435 g/mol. The van der Waals surface area contributed by atoms with E-state index < -0.39 is 0 Å². The van der Waals surface area contributed by atoms with E-state index in [1.807, 2.05) is 54.6 Å². The number of ether oxygens (including phenoxy) is 4.